The van der Waals surface area contributed by atoms with Crippen LogP contribution in [0.1, 0.15) is 98.3 Å². The summed E-state index contributed by atoms with van der Waals surface area (Å²) in [5.74, 6) is 0.0436. The van der Waals surface area contributed by atoms with Gasteiger partial charge >= 0.3 is 0 Å². The van der Waals surface area contributed by atoms with Gasteiger partial charge in [-0.3, -0.25) is 8.37 Å². The van der Waals surface area contributed by atoms with Gasteiger partial charge in [-0.2, -0.15) is 16.8 Å². The van der Waals surface area contributed by atoms with Gasteiger partial charge < -0.3 is 19.3 Å². The van der Waals surface area contributed by atoms with E-state index in [4.69, 9.17) is 22.6 Å². The van der Waals surface area contributed by atoms with E-state index >= 15 is 0 Å². The molecule has 0 aromatic heterocycles. The van der Waals surface area contributed by atoms with Gasteiger partial charge in [0, 0.05) is 18.8 Å². The summed E-state index contributed by atoms with van der Waals surface area (Å²) in [6, 6.07) is 11.3. The van der Waals surface area contributed by atoms with Crippen molar-refractivity contribution in [2.75, 3.05) is 26.4 Å². The molecule has 0 fully saturated rings. The highest BCUT2D eigenvalue weighted by molar-refractivity contribution is 7.87. The summed E-state index contributed by atoms with van der Waals surface area (Å²) in [5, 5.41) is 9.95. The number of hydrogen-bond donors (Lipinski definition) is 1. The average molecular weight is 715 g/mol. The van der Waals surface area contributed by atoms with E-state index in [9.17, 15) is 21.9 Å². The maximum Gasteiger partial charge on any atom is 0.297 e. The van der Waals surface area contributed by atoms with Crippen LogP contribution in [0, 0.1) is 19.8 Å². The predicted molar refractivity (Wildman–Crippen MR) is 187 cm³/mol. The molecule has 0 heterocycles. The fourth-order valence-electron chi connectivity index (χ4n) is 4.41. The molecule has 0 spiro atoms. The molecular weight excluding hydrogens is 657 g/mol. The predicted octanol–water partition coefficient (Wildman–Crippen LogP) is 6.88. The summed E-state index contributed by atoms with van der Waals surface area (Å²) in [7, 11) is -7.99. The first-order valence-corrected chi connectivity index (χ1v) is 19.3. The van der Waals surface area contributed by atoms with Gasteiger partial charge in [0.2, 0.25) is 0 Å². The van der Waals surface area contributed by atoms with Gasteiger partial charge in [0.1, 0.15) is 0 Å². The molecule has 1 N–H and O–H groups in total. The van der Waals surface area contributed by atoms with E-state index in [0.717, 1.165) is 16.7 Å². The Kier molecular flexibility index (Phi) is 14.9. The molecule has 12 heteroatoms. The second kappa shape index (κ2) is 16.9. The van der Waals surface area contributed by atoms with Crippen molar-refractivity contribution in [3.63, 3.8) is 0 Å². The molecule has 274 valence electrons. The molecule has 0 bridgehead atoms. The quantitative estimate of drug-likeness (QED) is 0.136. The number of aryl methyl sites for hydroxylation is 2. The van der Waals surface area contributed by atoms with Gasteiger partial charge in [-0.25, -0.2) is 0 Å². The molecule has 2 aromatic rings. The van der Waals surface area contributed by atoms with Crippen molar-refractivity contribution >= 4 is 20.2 Å². The lowest BCUT2D eigenvalue weighted by Crippen LogP contribution is -2.37. The Morgan fingerprint density at radius 2 is 1.27 bits per heavy atom. The second-order valence-electron chi connectivity index (χ2n) is 15.0. The standard InChI is InChI=1S/C36H58O10S2/c1-27-12-15-31(16-13-27)47(38,39)45-23-20-34(6,7)43-22-19-35(8,9)46-48(40,41)32-17-14-28(2)30(24-32)26-42-25-29(3)36(10,11)44-21-18-33(4,5)37/h12-17,24,29,37H,18-23,25-26H2,1-11H3. The van der Waals surface area contributed by atoms with Crippen molar-refractivity contribution in [2.24, 2.45) is 5.92 Å². The first-order chi connectivity index (χ1) is 21.8. The summed E-state index contributed by atoms with van der Waals surface area (Å²) in [6.45, 7) is 21.5. The van der Waals surface area contributed by atoms with Gasteiger partial charge in [0.15, 0.2) is 0 Å². The lowest BCUT2D eigenvalue weighted by Gasteiger charge is -2.33. The van der Waals surface area contributed by atoms with Crippen LogP contribution < -0.4 is 0 Å². The van der Waals surface area contributed by atoms with Crippen LogP contribution in [0.5, 0.6) is 0 Å². The van der Waals surface area contributed by atoms with Gasteiger partial charge in [0.05, 0.1) is 65.2 Å². The highest BCUT2D eigenvalue weighted by Gasteiger charge is 2.31. The molecule has 0 aliphatic heterocycles. The Bertz CT molecular complexity index is 1520. The van der Waals surface area contributed by atoms with E-state index < -0.39 is 42.6 Å². The van der Waals surface area contributed by atoms with Crippen molar-refractivity contribution < 1.29 is 44.5 Å². The summed E-state index contributed by atoms with van der Waals surface area (Å²) >= 11 is 0. The van der Waals surface area contributed by atoms with Crippen LogP contribution in [0.2, 0.25) is 0 Å². The summed E-state index contributed by atoms with van der Waals surface area (Å²) in [5.41, 5.74) is -0.484. The molecule has 0 radical (unpaired) electrons. The van der Waals surface area contributed by atoms with E-state index in [-0.39, 0.29) is 42.0 Å². The number of aliphatic hydroxyl groups is 1. The van der Waals surface area contributed by atoms with Crippen molar-refractivity contribution in [1.82, 2.24) is 0 Å². The Morgan fingerprint density at radius 3 is 1.88 bits per heavy atom. The van der Waals surface area contributed by atoms with Crippen molar-refractivity contribution in [2.45, 2.75) is 134 Å². The first-order valence-electron chi connectivity index (χ1n) is 16.4. The van der Waals surface area contributed by atoms with Crippen LogP contribution in [-0.4, -0.2) is 70.8 Å². The maximum atomic E-state index is 13.3. The van der Waals surface area contributed by atoms with E-state index in [0.29, 0.717) is 26.1 Å². The fraction of sp³-hybridized carbons (Fsp3) is 0.667. The molecule has 0 aliphatic rings. The lowest BCUT2D eigenvalue weighted by atomic mass is 9.93. The van der Waals surface area contributed by atoms with Crippen LogP contribution >= 0.6 is 0 Å². The van der Waals surface area contributed by atoms with Crippen LogP contribution in [0.4, 0.5) is 0 Å². The average Bonchev–Trinajstić information content (AvgIpc) is 2.92. The third kappa shape index (κ3) is 14.5. The largest absolute Gasteiger partial charge is 0.390 e. The van der Waals surface area contributed by atoms with Crippen LogP contribution in [-0.2, 0) is 49.4 Å². The highest BCUT2D eigenvalue weighted by Crippen LogP contribution is 2.28. The smallest absolute Gasteiger partial charge is 0.297 e. The van der Waals surface area contributed by atoms with Gasteiger partial charge in [-0.15, -0.1) is 0 Å². The minimum absolute atomic E-state index is 0.0382. The topological polar surface area (TPSA) is 135 Å². The van der Waals surface area contributed by atoms with Gasteiger partial charge in [-0.1, -0.05) is 30.7 Å². The zero-order valence-electron chi connectivity index (χ0n) is 30.7. The molecule has 2 aromatic carbocycles. The van der Waals surface area contributed by atoms with E-state index in [1.165, 1.54) is 18.2 Å². The fourth-order valence-corrected chi connectivity index (χ4v) is 6.62. The summed E-state index contributed by atoms with van der Waals surface area (Å²) in [6.07, 6.45) is 1.09. The molecule has 1 atom stereocenters. The minimum Gasteiger partial charge on any atom is -0.390 e. The lowest BCUT2D eigenvalue weighted by molar-refractivity contribution is -0.0930. The molecule has 0 saturated heterocycles. The highest BCUT2D eigenvalue weighted by atomic mass is 32.2. The molecule has 0 aliphatic carbocycles. The summed E-state index contributed by atoms with van der Waals surface area (Å²) < 4.78 is 80.5. The zero-order valence-corrected chi connectivity index (χ0v) is 32.3. The third-order valence-electron chi connectivity index (χ3n) is 8.39. The normalized spacial score (nSPS) is 14.3. The van der Waals surface area contributed by atoms with Crippen molar-refractivity contribution in [3.8, 4) is 0 Å². The molecule has 0 saturated carbocycles. The molecular formula is C36H58O10S2. The van der Waals surface area contributed by atoms with Gasteiger partial charge in [0.25, 0.3) is 20.2 Å². The Balaban J connectivity index is 1.89. The van der Waals surface area contributed by atoms with Crippen LogP contribution in [0.25, 0.3) is 0 Å². The third-order valence-corrected chi connectivity index (χ3v) is 11.2. The van der Waals surface area contributed by atoms with E-state index in [2.05, 4.69) is 0 Å². The second-order valence-corrected chi connectivity index (χ2v) is 18.2. The van der Waals surface area contributed by atoms with E-state index in [1.807, 2.05) is 48.5 Å². The SMILES string of the molecule is Cc1ccc(S(=O)(=O)OCCC(C)(C)OCCC(C)(C)OS(=O)(=O)c2ccc(C)c(COCC(C)C(C)(C)OCCC(C)(C)O)c2)cc1. The minimum atomic E-state index is -4.11. The zero-order chi connectivity index (χ0) is 36.6. The van der Waals surface area contributed by atoms with Gasteiger partial charge in [-0.05, 0) is 111 Å². The van der Waals surface area contributed by atoms with E-state index in [1.54, 1.807) is 52.0 Å². The maximum absolute atomic E-state index is 13.3. The molecule has 48 heavy (non-hydrogen) atoms. The number of hydrogen-bond acceptors (Lipinski definition) is 10. The van der Waals surface area contributed by atoms with Crippen LogP contribution in [0.15, 0.2) is 52.3 Å². The monoisotopic (exact) mass is 714 g/mol. The van der Waals surface area contributed by atoms with Crippen LogP contribution in [0.3, 0.4) is 0 Å². The summed E-state index contributed by atoms with van der Waals surface area (Å²) in [4.78, 5) is 0.135. The molecule has 10 nitrogen and oxygen atoms in total. The molecule has 1 unspecified atom stereocenters. The Morgan fingerprint density at radius 1 is 0.708 bits per heavy atom. The number of rotatable bonds is 21. The number of benzene rings is 2. The Labute approximate surface area is 289 Å². The molecule has 0 amide bonds. The van der Waals surface area contributed by atoms with Crippen molar-refractivity contribution in [3.05, 3.63) is 59.2 Å². The molecule has 2 rings (SSSR count). The number of ether oxygens (including phenoxy) is 3. The first kappa shape index (κ1) is 42.3. The Hall–Kier alpha value is -1.90. The van der Waals surface area contributed by atoms with Crippen molar-refractivity contribution in [1.29, 1.82) is 0 Å².